The van der Waals surface area contributed by atoms with E-state index in [1.807, 2.05) is 38.1 Å². The van der Waals surface area contributed by atoms with E-state index in [0.29, 0.717) is 44.8 Å². The van der Waals surface area contributed by atoms with Crippen molar-refractivity contribution in [3.63, 3.8) is 0 Å². The number of fused-ring (bicyclic) bond motifs is 1. The Labute approximate surface area is 236 Å². The fraction of sp³-hybridized carbons (Fsp3) is 0.324. The number of carbonyl (C=O) groups is 3. The predicted octanol–water partition coefficient (Wildman–Crippen LogP) is 7.01. The summed E-state index contributed by atoms with van der Waals surface area (Å²) in [4.78, 5) is 41.0. The van der Waals surface area contributed by atoms with Crippen LogP contribution in [0.3, 0.4) is 0 Å². The molecular weight excluding hydrogens is 500 g/mol. The number of benzene rings is 3. The molecule has 0 aromatic heterocycles. The number of imide groups is 1. The van der Waals surface area contributed by atoms with E-state index in [4.69, 9.17) is 0 Å². The molecule has 2 N–H and O–H groups in total. The van der Waals surface area contributed by atoms with Crippen LogP contribution in [0.4, 0.5) is 5.69 Å². The van der Waals surface area contributed by atoms with Gasteiger partial charge in [-0.3, -0.25) is 14.4 Å². The molecule has 3 amide bonds. The molecule has 6 heteroatoms. The fourth-order valence-electron chi connectivity index (χ4n) is 5.01. The average Bonchev–Trinajstić information content (AvgIpc) is 3.24. The van der Waals surface area contributed by atoms with Gasteiger partial charge >= 0.3 is 0 Å². The van der Waals surface area contributed by atoms with Crippen LogP contribution in [0.25, 0.3) is 11.1 Å². The minimum absolute atomic E-state index is 0.0399. The van der Waals surface area contributed by atoms with E-state index in [1.165, 1.54) is 10.5 Å². The number of aliphatic hydroxyl groups is 1. The van der Waals surface area contributed by atoms with Gasteiger partial charge in [0.15, 0.2) is 0 Å². The second kappa shape index (κ2) is 11.6. The molecule has 1 aliphatic heterocycles. The first-order valence-electron chi connectivity index (χ1n) is 14.0. The quantitative estimate of drug-likeness (QED) is 0.272. The maximum Gasteiger partial charge on any atom is 0.266 e. The molecule has 1 unspecified atom stereocenters. The van der Waals surface area contributed by atoms with E-state index in [1.54, 1.807) is 36.4 Å². The van der Waals surface area contributed by atoms with Crippen LogP contribution in [-0.2, 0) is 12.0 Å². The Morgan fingerprint density at radius 2 is 1.52 bits per heavy atom. The average molecular weight is 539 g/mol. The summed E-state index contributed by atoms with van der Waals surface area (Å²) >= 11 is 0. The molecule has 0 aliphatic carbocycles. The predicted molar refractivity (Wildman–Crippen MR) is 159 cm³/mol. The van der Waals surface area contributed by atoms with Crippen LogP contribution in [0, 0.1) is 5.92 Å². The van der Waals surface area contributed by atoms with Gasteiger partial charge in [-0.1, -0.05) is 71.5 Å². The summed E-state index contributed by atoms with van der Waals surface area (Å²) in [7, 11) is 0. The molecule has 4 rings (SSSR count). The number of nitrogens with zero attached hydrogens (tertiary/aromatic N) is 1. The fourth-order valence-corrected chi connectivity index (χ4v) is 5.01. The third-order valence-electron chi connectivity index (χ3n) is 8.61. The third-order valence-corrected chi connectivity index (χ3v) is 8.61. The van der Waals surface area contributed by atoms with Crippen molar-refractivity contribution in [1.82, 2.24) is 5.32 Å². The minimum Gasteiger partial charge on any atom is -0.392 e. The molecule has 3 aromatic rings. The summed E-state index contributed by atoms with van der Waals surface area (Å²) in [6.45, 7) is 14.2. The Balaban J connectivity index is 1.64. The molecule has 1 aliphatic rings. The van der Waals surface area contributed by atoms with Crippen LogP contribution in [0.5, 0.6) is 0 Å². The molecule has 0 fully saturated rings. The van der Waals surface area contributed by atoms with Crippen molar-refractivity contribution in [3.8, 4) is 11.1 Å². The van der Waals surface area contributed by atoms with E-state index in [9.17, 15) is 19.5 Å². The highest BCUT2D eigenvalue weighted by atomic mass is 16.3. The highest BCUT2D eigenvalue weighted by Gasteiger charge is 2.37. The minimum atomic E-state index is -0.377. The van der Waals surface area contributed by atoms with Gasteiger partial charge in [0.1, 0.15) is 0 Å². The molecule has 6 nitrogen and oxygen atoms in total. The Morgan fingerprint density at radius 1 is 0.925 bits per heavy atom. The number of nitrogens with one attached hydrogen (secondary N) is 1. The van der Waals surface area contributed by atoms with Crippen LogP contribution in [-0.4, -0.2) is 22.8 Å². The van der Waals surface area contributed by atoms with Crippen molar-refractivity contribution in [3.05, 3.63) is 101 Å². The monoisotopic (exact) mass is 538 g/mol. The molecular formula is C34H38N2O4. The Morgan fingerprint density at radius 3 is 2.12 bits per heavy atom. The first-order valence-corrected chi connectivity index (χ1v) is 14.0. The maximum absolute atomic E-state index is 13.5. The van der Waals surface area contributed by atoms with Crippen molar-refractivity contribution in [1.29, 1.82) is 0 Å². The van der Waals surface area contributed by atoms with E-state index in [-0.39, 0.29) is 35.7 Å². The van der Waals surface area contributed by atoms with E-state index in [2.05, 4.69) is 32.7 Å². The van der Waals surface area contributed by atoms with Gasteiger partial charge in [-0.05, 0) is 83.2 Å². The molecule has 0 bridgehead atoms. The highest BCUT2D eigenvalue weighted by molar-refractivity contribution is 6.34. The number of anilines is 1. The summed E-state index contributed by atoms with van der Waals surface area (Å²) < 4.78 is 0. The largest absolute Gasteiger partial charge is 0.392 e. The van der Waals surface area contributed by atoms with Gasteiger partial charge in [-0.25, -0.2) is 4.90 Å². The lowest BCUT2D eigenvalue weighted by Crippen LogP contribution is -2.29. The first-order chi connectivity index (χ1) is 19.1. The zero-order valence-electron chi connectivity index (χ0n) is 24.0. The third kappa shape index (κ3) is 5.24. The smallest absolute Gasteiger partial charge is 0.266 e. The summed E-state index contributed by atoms with van der Waals surface area (Å²) in [5.41, 5.74) is 5.25. The molecule has 208 valence electrons. The number of aliphatic hydroxyl groups excluding tert-OH is 1. The molecule has 0 spiro atoms. The van der Waals surface area contributed by atoms with Crippen LogP contribution >= 0.6 is 0 Å². The van der Waals surface area contributed by atoms with Crippen molar-refractivity contribution >= 4 is 23.4 Å². The van der Waals surface area contributed by atoms with Crippen molar-refractivity contribution in [2.45, 2.75) is 65.9 Å². The lowest BCUT2D eigenvalue weighted by molar-refractivity contribution is 0.0922. The van der Waals surface area contributed by atoms with Crippen LogP contribution in [0.2, 0.25) is 0 Å². The van der Waals surface area contributed by atoms with Gasteiger partial charge in [-0.2, -0.15) is 0 Å². The Kier molecular flexibility index (Phi) is 8.40. The zero-order chi connectivity index (χ0) is 29.2. The molecule has 0 saturated carbocycles. The van der Waals surface area contributed by atoms with Crippen LogP contribution < -0.4 is 10.2 Å². The molecule has 0 radical (unpaired) electrons. The van der Waals surface area contributed by atoms with E-state index in [0.717, 1.165) is 19.3 Å². The summed E-state index contributed by atoms with van der Waals surface area (Å²) in [6.07, 6.45) is 2.83. The Bertz CT molecular complexity index is 1470. The van der Waals surface area contributed by atoms with Crippen LogP contribution in [0.1, 0.15) is 96.1 Å². The van der Waals surface area contributed by atoms with Gasteiger partial charge < -0.3 is 10.4 Å². The summed E-state index contributed by atoms with van der Waals surface area (Å²) in [5, 5.41) is 12.7. The lowest BCUT2D eigenvalue weighted by atomic mass is 9.78. The van der Waals surface area contributed by atoms with Crippen LogP contribution in [0.15, 0.2) is 72.9 Å². The van der Waals surface area contributed by atoms with Crippen molar-refractivity contribution in [2.75, 3.05) is 4.90 Å². The van der Waals surface area contributed by atoms with Gasteiger partial charge in [0, 0.05) is 11.3 Å². The molecule has 1 heterocycles. The molecule has 1 atom stereocenters. The Hall–Kier alpha value is -4.03. The molecule has 0 saturated heterocycles. The summed E-state index contributed by atoms with van der Waals surface area (Å²) in [6, 6.07) is 18.0. The van der Waals surface area contributed by atoms with Gasteiger partial charge in [0.2, 0.25) is 0 Å². The topological polar surface area (TPSA) is 86.7 Å². The number of hydrogen-bond acceptors (Lipinski definition) is 4. The second-order valence-corrected chi connectivity index (χ2v) is 10.8. The maximum atomic E-state index is 13.5. The number of rotatable bonds is 10. The van der Waals surface area contributed by atoms with Crippen molar-refractivity contribution in [2.24, 2.45) is 5.92 Å². The number of allylic oxidation sites excluding steroid dienone is 1. The van der Waals surface area contributed by atoms with Gasteiger partial charge in [0.25, 0.3) is 17.7 Å². The van der Waals surface area contributed by atoms with Gasteiger partial charge in [-0.15, -0.1) is 0 Å². The van der Waals surface area contributed by atoms with E-state index >= 15 is 0 Å². The number of amides is 3. The lowest BCUT2D eigenvalue weighted by Gasteiger charge is -2.28. The van der Waals surface area contributed by atoms with Gasteiger partial charge in [0.05, 0.1) is 23.4 Å². The highest BCUT2D eigenvalue weighted by Crippen LogP contribution is 2.35. The second-order valence-electron chi connectivity index (χ2n) is 10.8. The molecule has 40 heavy (non-hydrogen) atoms. The SMILES string of the molecule is C=C(NC(=O)c1cc(-c2ccc3c(c2)C(=O)N(c2ccc(C(C)(CC)CC)cc2)C3=O)ccc1CO)C(C)CC. The molecule has 3 aromatic carbocycles. The number of hydrogen-bond donors (Lipinski definition) is 2. The normalized spacial score (nSPS) is 13.8. The standard InChI is InChI=1S/C34H38N2O4/c1-7-21(4)22(5)35-31(38)29-18-23(10-11-25(29)20-37)24-12-17-28-30(19-24)33(40)36(32(28)39)27-15-13-26(14-16-27)34(6,8-2)9-3/h10-19,21,37H,5,7-9,20H2,1-4,6H3,(H,35,38). The summed E-state index contributed by atoms with van der Waals surface area (Å²) in [5.74, 6) is -0.960. The first kappa shape index (κ1) is 29.0. The number of carbonyl (C=O) groups excluding carboxylic acids is 3. The zero-order valence-corrected chi connectivity index (χ0v) is 24.0. The van der Waals surface area contributed by atoms with Crippen molar-refractivity contribution < 1.29 is 19.5 Å². The van der Waals surface area contributed by atoms with E-state index < -0.39 is 0 Å².